The van der Waals surface area contributed by atoms with Crippen molar-refractivity contribution in [1.82, 2.24) is 9.80 Å². The molecule has 0 spiro atoms. The molecule has 6 heteroatoms. The molecule has 2 heterocycles. The molecule has 6 nitrogen and oxygen atoms in total. The summed E-state index contributed by atoms with van der Waals surface area (Å²) in [6, 6.07) is 15.0. The Balaban J connectivity index is 1.48. The van der Waals surface area contributed by atoms with E-state index in [9.17, 15) is 9.59 Å². The summed E-state index contributed by atoms with van der Waals surface area (Å²) in [5, 5.41) is 0.623. The number of piperazine rings is 1. The van der Waals surface area contributed by atoms with Crippen LogP contribution < -0.4 is 10.4 Å². The van der Waals surface area contributed by atoms with E-state index in [1.54, 1.807) is 25.3 Å². The van der Waals surface area contributed by atoms with Crippen LogP contribution in [0.2, 0.25) is 0 Å². The SMILES string of the molecule is COc1ccc2c(C(=O)N3CCN(Cc4ccc(C)cc4)CC3)cc(=O)oc2c1. The van der Waals surface area contributed by atoms with Crippen molar-refractivity contribution in [2.45, 2.75) is 13.5 Å². The minimum Gasteiger partial charge on any atom is -0.497 e. The molecule has 1 amide bonds. The van der Waals surface area contributed by atoms with Crippen molar-refractivity contribution >= 4 is 16.9 Å². The molecule has 1 aliphatic rings. The predicted octanol–water partition coefficient (Wildman–Crippen LogP) is 3.07. The topological polar surface area (TPSA) is 63.0 Å². The van der Waals surface area contributed by atoms with Crippen LogP contribution >= 0.6 is 0 Å². The fourth-order valence-electron chi connectivity index (χ4n) is 3.68. The monoisotopic (exact) mass is 392 g/mol. The number of rotatable bonds is 4. The summed E-state index contributed by atoms with van der Waals surface area (Å²) < 4.78 is 10.4. The van der Waals surface area contributed by atoms with E-state index < -0.39 is 5.63 Å². The van der Waals surface area contributed by atoms with E-state index in [1.165, 1.54) is 17.2 Å². The van der Waals surface area contributed by atoms with Crippen LogP contribution in [-0.2, 0) is 6.54 Å². The second-order valence-electron chi connectivity index (χ2n) is 7.40. The van der Waals surface area contributed by atoms with E-state index in [0.29, 0.717) is 35.4 Å². The predicted molar refractivity (Wildman–Crippen MR) is 111 cm³/mol. The molecular formula is C23H24N2O4. The highest BCUT2D eigenvalue weighted by molar-refractivity contribution is 6.05. The number of hydrogen-bond donors (Lipinski definition) is 0. The van der Waals surface area contributed by atoms with Gasteiger partial charge in [-0.05, 0) is 24.6 Å². The van der Waals surface area contributed by atoms with Crippen LogP contribution in [0, 0.1) is 6.92 Å². The number of hydrogen-bond acceptors (Lipinski definition) is 5. The molecular weight excluding hydrogens is 368 g/mol. The first-order chi connectivity index (χ1) is 14.0. The summed E-state index contributed by atoms with van der Waals surface area (Å²) in [6.45, 7) is 5.81. The molecule has 0 unspecified atom stereocenters. The molecule has 4 rings (SSSR count). The van der Waals surface area contributed by atoms with E-state index >= 15 is 0 Å². The number of aryl methyl sites for hydroxylation is 1. The van der Waals surface area contributed by atoms with E-state index in [0.717, 1.165) is 19.6 Å². The molecule has 0 aliphatic carbocycles. The number of fused-ring (bicyclic) bond motifs is 1. The standard InChI is InChI=1S/C23H24N2O4/c1-16-3-5-17(6-4-16)15-24-9-11-25(12-10-24)23(27)20-14-22(26)29-21-13-18(28-2)7-8-19(20)21/h3-8,13-14H,9-12,15H2,1-2H3. The van der Waals surface area contributed by atoms with Gasteiger partial charge in [-0.2, -0.15) is 0 Å². The van der Waals surface area contributed by atoms with Crippen molar-refractivity contribution in [3.05, 3.63) is 75.6 Å². The highest BCUT2D eigenvalue weighted by atomic mass is 16.5. The third-order valence-corrected chi connectivity index (χ3v) is 5.37. The van der Waals surface area contributed by atoms with Gasteiger partial charge in [0.25, 0.3) is 5.91 Å². The number of nitrogens with zero attached hydrogens (tertiary/aromatic N) is 2. The second kappa shape index (κ2) is 8.09. The third-order valence-electron chi connectivity index (χ3n) is 5.37. The Morgan fingerprint density at radius 3 is 2.45 bits per heavy atom. The Labute approximate surface area is 169 Å². The van der Waals surface area contributed by atoms with Gasteiger partial charge in [0.15, 0.2) is 0 Å². The van der Waals surface area contributed by atoms with E-state index in [1.807, 2.05) is 4.90 Å². The fraction of sp³-hybridized carbons (Fsp3) is 0.304. The van der Waals surface area contributed by atoms with Crippen molar-refractivity contribution in [1.29, 1.82) is 0 Å². The molecule has 1 aromatic heterocycles. The lowest BCUT2D eigenvalue weighted by Gasteiger charge is -2.35. The Kier molecular flexibility index (Phi) is 5.36. The maximum atomic E-state index is 13.1. The average Bonchev–Trinajstić information content (AvgIpc) is 2.74. The Hall–Kier alpha value is -3.12. The van der Waals surface area contributed by atoms with Crippen LogP contribution in [0.5, 0.6) is 5.75 Å². The number of carbonyl (C=O) groups is 1. The van der Waals surface area contributed by atoms with Gasteiger partial charge in [-0.25, -0.2) is 4.79 Å². The van der Waals surface area contributed by atoms with Gasteiger partial charge in [-0.3, -0.25) is 9.69 Å². The van der Waals surface area contributed by atoms with Crippen molar-refractivity contribution < 1.29 is 13.9 Å². The zero-order chi connectivity index (χ0) is 20.4. The van der Waals surface area contributed by atoms with Gasteiger partial charge in [-0.1, -0.05) is 29.8 Å². The summed E-state index contributed by atoms with van der Waals surface area (Å²) in [4.78, 5) is 29.3. The van der Waals surface area contributed by atoms with Gasteiger partial charge in [0, 0.05) is 50.2 Å². The second-order valence-corrected chi connectivity index (χ2v) is 7.40. The normalized spacial score (nSPS) is 14.9. The summed E-state index contributed by atoms with van der Waals surface area (Å²) in [5.41, 5.74) is 2.73. The highest BCUT2D eigenvalue weighted by Crippen LogP contribution is 2.24. The zero-order valence-electron chi connectivity index (χ0n) is 16.7. The zero-order valence-corrected chi connectivity index (χ0v) is 16.7. The maximum absolute atomic E-state index is 13.1. The third kappa shape index (κ3) is 4.17. The Morgan fingerprint density at radius 2 is 1.76 bits per heavy atom. The number of methoxy groups -OCH3 is 1. The fourth-order valence-corrected chi connectivity index (χ4v) is 3.68. The first-order valence-corrected chi connectivity index (χ1v) is 9.72. The Morgan fingerprint density at radius 1 is 1.03 bits per heavy atom. The van der Waals surface area contributed by atoms with E-state index in [2.05, 4.69) is 36.1 Å². The van der Waals surface area contributed by atoms with Gasteiger partial charge in [-0.15, -0.1) is 0 Å². The summed E-state index contributed by atoms with van der Waals surface area (Å²) in [7, 11) is 1.55. The van der Waals surface area contributed by atoms with Crippen molar-refractivity contribution in [3.8, 4) is 5.75 Å². The van der Waals surface area contributed by atoms with Crippen LogP contribution in [0.1, 0.15) is 21.5 Å². The number of amides is 1. The molecule has 29 heavy (non-hydrogen) atoms. The first-order valence-electron chi connectivity index (χ1n) is 9.72. The van der Waals surface area contributed by atoms with Gasteiger partial charge >= 0.3 is 5.63 Å². The molecule has 1 aliphatic heterocycles. The van der Waals surface area contributed by atoms with Crippen molar-refractivity contribution in [3.63, 3.8) is 0 Å². The maximum Gasteiger partial charge on any atom is 0.337 e. The molecule has 0 N–H and O–H groups in total. The van der Waals surface area contributed by atoms with Gasteiger partial charge < -0.3 is 14.1 Å². The summed E-state index contributed by atoms with van der Waals surface area (Å²) >= 11 is 0. The molecule has 150 valence electrons. The minimum absolute atomic E-state index is 0.136. The number of benzene rings is 2. The van der Waals surface area contributed by atoms with Gasteiger partial charge in [0.1, 0.15) is 11.3 Å². The van der Waals surface area contributed by atoms with Crippen LogP contribution in [0.25, 0.3) is 11.0 Å². The minimum atomic E-state index is -0.535. The van der Waals surface area contributed by atoms with Crippen LogP contribution in [-0.4, -0.2) is 49.0 Å². The smallest absolute Gasteiger partial charge is 0.337 e. The Bertz CT molecular complexity index is 1080. The summed E-state index contributed by atoms with van der Waals surface area (Å²) in [6.07, 6.45) is 0. The molecule has 1 saturated heterocycles. The number of carbonyl (C=O) groups excluding carboxylic acids is 1. The lowest BCUT2D eigenvalue weighted by atomic mass is 10.1. The van der Waals surface area contributed by atoms with Gasteiger partial charge in [0.2, 0.25) is 0 Å². The largest absolute Gasteiger partial charge is 0.497 e. The highest BCUT2D eigenvalue weighted by Gasteiger charge is 2.24. The average molecular weight is 392 g/mol. The lowest BCUT2D eigenvalue weighted by molar-refractivity contribution is 0.0629. The summed E-state index contributed by atoms with van der Waals surface area (Å²) in [5.74, 6) is 0.443. The molecule has 2 aromatic carbocycles. The number of ether oxygens (including phenoxy) is 1. The molecule has 0 saturated carbocycles. The van der Waals surface area contributed by atoms with E-state index in [4.69, 9.17) is 9.15 Å². The molecule has 1 fully saturated rings. The van der Waals surface area contributed by atoms with Crippen LogP contribution in [0.4, 0.5) is 0 Å². The van der Waals surface area contributed by atoms with E-state index in [-0.39, 0.29) is 5.91 Å². The van der Waals surface area contributed by atoms with Gasteiger partial charge in [0.05, 0.1) is 12.7 Å². The molecule has 0 radical (unpaired) electrons. The molecule has 0 bridgehead atoms. The van der Waals surface area contributed by atoms with Crippen LogP contribution in [0.15, 0.2) is 57.7 Å². The molecule has 0 atom stereocenters. The first kappa shape index (κ1) is 19.2. The lowest BCUT2D eigenvalue weighted by Crippen LogP contribution is -2.48. The molecule has 3 aromatic rings. The van der Waals surface area contributed by atoms with Crippen molar-refractivity contribution in [2.24, 2.45) is 0 Å². The van der Waals surface area contributed by atoms with Crippen LogP contribution in [0.3, 0.4) is 0 Å². The quantitative estimate of drug-likeness (QED) is 0.639. The van der Waals surface area contributed by atoms with Crippen molar-refractivity contribution in [2.75, 3.05) is 33.3 Å².